The maximum atomic E-state index is 11.5. The molecule has 0 radical (unpaired) electrons. The summed E-state index contributed by atoms with van der Waals surface area (Å²) >= 11 is 17.1. The van der Waals surface area contributed by atoms with Crippen LogP contribution in [0.3, 0.4) is 0 Å². The summed E-state index contributed by atoms with van der Waals surface area (Å²) in [5.74, 6) is 0.00848. The molecule has 2 nitrogen and oxygen atoms in total. The first-order chi connectivity index (χ1) is 9.95. The molecule has 0 aromatic heterocycles. The van der Waals surface area contributed by atoms with Gasteiger partial charge in [0, 0.05) is 19.7 Å². The molecule has 1 heterocycles. The zero-order valence-electron chi connectivity index (χ0n) is 10.6. The third-order valence-electron chi connectivity index (χ3n) is 3.36. The molecular formula is C15H9Br3ClNO. The minimum atomic E-state index is -0.0477. The highest BCUT2D eigenvalue weighted by atomic mass is 79.9. The van der Waals surface area contributed by atoms with Crippen LogP contribution in [-0.2, 0) is 11.2 Å². The maximum absolute atomic E-state index is 11.5. The molecule has 0 spiro atoms. The number of fused-ring (bicyclic) bond motifs is 1. The summed E-state index contributed by atoms with van der Waals surface area (Å²) in [6, 6.07) is 9.82. The molecule has 1 unspecified atom stereocenters. The van der Waals surface area contributed by atoms with Gasteiger partial charge in [-0.25, -0.2) is 0 Å². The number of amides is 1. The maximum Gasteiger partial charge on any atom is 0.228 e. The van der Waals surface area contributed by atoms with Crippen molar-refractivity contribution in [1.82, 2.24) is 0 Å². The molecule has 1 atom stereocenters. The van der Waals surface area contributed by atoms with Crippen molar-refractivity contribution in [2.75, 3.05) is 5.32 Å². The van der Waals surface area contributed by atoms with Gasteiger partial charge in [-0.15, -0.1) is 0 Å². The highest BCUT2D eigenvalue weighted by Crippen LogP contribution is 2.42. The first kappa shape index (κ1) is 15.5. The third-order valence-corrected chi connectivity index (χ3v) is 5.85. The second kappa shape index (κ2) is 6.03. The van der Waals surface area contributed by atoms with Gasteiger partial charge in [0.1, 0.15) is 0 Å². The van der Waals surface area contributed by atoms with Crippen LogP contribution < -0.4 is 5.32 Å². The molecule has 1 amide bonds. The van der Waals surface area contributed by atoms with Crippen molar-refractivity contribution < 1.29 is 4.79 Å². The highest BCUT2D eigenvalue weighted by molar-refractivity contribution is 9.11. The monoisotopic (exact) mass is 491 g/mol. The van der Waals surface area contributed by atoms with Gasteiger partial charge in [0.25, 0.3) is 0 Å². The number of carbonyl (C=O) groups is 1. The predicted octanol–water partition coefficient (Wildman–Crippen LogP) is 5.84. The average molecular weight is 494 g/mol. The van der Waals surface area contributed by atoms with Crippen LogP contribution in [0.1, 0.15) is 21.5 Å². The van der Waals surface area contributed by atoms with Crippen molar-refractivity contribution >= 4 is 71.0 Å². The number of hydrogen-bond donors (Lipinski definition) is 1. The topological polar surface area (TPSA) is 29.1 Å². The summed E-state index contributed by atoms with van der Waals surface area (Å²) in [5.41, 5.74) is 3.83. The largest absolute Gasteiger partial charge is 0.325 e. The Balaban J connectivity index is 2.04. The Morgan fingerprint density at radius 3 is 2.62 bits per heavy atom. The van der Waals surface area contributed by atoms with Crippen LogP contribution in [0.25, 0.3) is 0 Å². The molecule has 0 fully saturated rings. The van der Waals surface area contributed by atoms with Gasteiger partial charge in [-0.05, 0) is 34.9 Å². The standard InChI is InChI=1S/C15H9Br3ClNO/c16-8-1-2-9(11(17)5-8)15(18)10-3-7-4-14(21)20-13(7)6-12(10)19/h1-3,5-6,15H,4H2,(H,20,21). The molecule has 0 bridgehead atoms. The van der Waals surface area contributed by atoms with Gasteiger partial charge >= 0.3 is 0 Å². The van der Waals surface area contributed by atoms with E-state index in [4.69, 9.17) is 11.6 Å². The molecule has 2 aromatic carbocycles. The number of benzene rings is 2. The molecule has 108 valence electrons. The van der Waals surface area contributed by atoms with Crippen molar-refractivity contribution in [3.8, 4) is 0 Å². The number of rotatable bonds is 2. The summed E-state index contributed by atoms with van der Waals surface area (Å²) in [4.78, 5) is 11.4. The Kier molecular flexibility index (Phi) is 4.46. The second-order valence-electron chi connectivity index (χ2n) is 4.78. The minimum Gasteiger partial charge on any atom is -0.325 e. The number of halogens is 4. The molecule has 1 aliphatic heterocycles. The second-order valence-corrected chi connectivity index (χ2v) is 7.88. The van der Waals surface area contributed by atoms with Gasteiger partial charge in [0.15, 0.2) is 0 Å². The van der Waals surface area contributed by atoms with Gasteiger partial charge in [0.05, 0.1) is 11.2 Å². The van der Waals surface area contributed by atoms with Crippen LogP contribution >= 0.6 is 59.4 Å². The molecule has 6 heteroatoms. The fraction of sp³-hybridized carbons (Fsp3) is 0.133. The Labute approximate surface area is 152 Å². The van der Waals surface area contributed by atoms with Crippen molar-refractivity contribution in [2.45, 2.75) is 11.2 Å². The third kappa shape index (κ3) is 3.07. The van der Waals surface area contributed by atoms with Gasteiger partial charge < -0.3 is 5.32 Å². The normalized spacial score (nSPS) is 14.8. The molecule has 2 aromatic rings. The van der Waals surface area contributed by atoms with Crippen LogP contribution in [0.4, 0.5) is 5.69 Å². The van der Waals surface area contributed by atoms with E-state index in [0.29, 0.717) is 11.4 Å². The number of nitrogens with one attached hydrogen (secondary N) is 1. The lowest BCUT2D eigenvalue weighted by molar-refractivity contribution is -0.115. The molecule has 0 saturated carbocycles. The molecule has 3 rings (SSSR count). The molecule has 1 N–H and O–H groups in total. The van der Waals surface area contributed by atoms with E-state index in [1.165, 1.54) is 0 Å². The predicted molar refractivity (Wildman–Crippen MR) is 96.4 cm³/mol. The molecule has 21 heavy (non-hydrogen) atoms. The lowest BCUT2D eigenvalue weighted by Gasteiger charge is -2.16. The smallest absolute Gasteiger partial charge is 0.228 e. The first-order valence-electron chi connectivity index (χ1n) is 6.17. The Bertz CT molecular complexity index is 748. The van der Waals surface area contributed by atoms with Crippen molar-refractivity contribution in [1.29, 1.82) is 0 Å². The van der Waals surface area contributed by atoms with E-state index in [1.54, 1.807) is 0 Å². The van der Waals surface area contributed by atoms with E-state index in [0.717, 1.165) is 31.3 Å². The van der Waals surface area contributed by atoms with Crippen molar-refractivity contribution in [3.63, 3.8) is 0 Å². The van der Waals surface area contributed by atoms with E-state index in [9.17, 15) is 4.79 Å². The van der Waals surface area contributed by atoms with Crippen LogP contribution in [0.15, 0.2) is 39.3 Å². The fourth-order valence-electron chi connectivity index (χ4n) is 2.34. The summed E-state index contributed by atoms with van der Waals surface area (Å²) in [6.45, 7) is 0. The van der Waals surface area contributed by atoms with E-state index >= 15 is 0 Å². The van der Waals surface area contributed by atoms with E-state index in [-0.39, 0.29) is 10.7 Å². The Morgan fingerprint density at radius 1 is 1.14 bits per heavy atom. The van der Waals surface area contributed by atoms with Gasteiger partial charge in [0.2, 0.25) is 5.91 Å². The molecular weight excluding hydrogens is 485 g/mol. The van der Waals surface area contributed by atoms with Crippen LogP contribution in [0.5, 0.6) is 0 Å². The highest BCUT2D eigenvalue weighted by Gasteiger charge is 2.23. The molecule has 1 aliphatic rings. The number of hydrogen-bond acceptors (Lipinski definition) is 1. The number of carbonyl (C=O) groups excluding carboxylic acids is 1. The first-order valence-corrected chi connectivity index (χ1v) is 9.05. The number of alkyl halides is 1. The van der Waals surface area contributed by atoms with Crippen LogP contribution in [0.2, 0.25) is 5.02 Å². The minimum absolute atomic E-state index is 0.00848. The summed E-state index contributed by atoms with van der Waals surface area (Å²) < 4.78 is 2.00. The molecule has 0 aliphatic carbocycles. The lowest BCUT2D eigenvalue weighted by Crippen LogP contribution is -2.03. The SMILES string of the molecule is O=C1Cc2cc(C(Br)c3ccc(Br)cc3Br)c(Cl)cc2N1. The van der Waals surface area contributed by atoms with Crippen molar-refractivity contribution in [2.24, 2.45) is 0 Å². The van der Waals surface area contributed by atoms with E-state index < -0.39 is 0 Å². The summed E-state index contributed by atoms with van der Waals surface area (Å²) in [5, 5.41) is 3.44. The van der Waals surface area contributed by atoms with E-state index in [2.05, 4.69) is 53.1 Å². The quantitative estimate of drug-likeness (QED) is 0.522. The zero-order valence-corrected chi connectivity index (χ0v) is 16.1. The Hall–Kier alpha value is -0.360. The van der Waals surface area contributed by atoms with Gasteiger partial charge in [-0.1, -0.05) is 71.5 Å². The van der Waals surface area contributed by atoms with Gasteiger partial charge in [-0.3, -0.25) is 4.79 Å². The average Bonchev–Trinajstić information content (AvgIpc) is 2.76. The van der Waals surface area contributed by atoms with Crippen LogP contribution in [0, 0.1) is 0 Å². The summed E-state index contributed by atoms with van der Waals surface area (Å²) in [6.07, 6.45) is 0.404. The molecule has 0 saturated heterocycles. The summed E-state index contributed by atoms with van der Waals surface area (Å²) in [7, 11) is 0. The lowest BCUT2D eigenvalue weighted by atomic mass is 10.0. The van der Waals surface area contributed by atoms with Crippen molar-refractivity contribution in [3.05, 3.63) is 61.0 Å². The van der Waals surface area contributed by atoms with E-state index in [1.807, 2.05) is 30.3 Å². The fourth-order valence-corrected chi connectivity index (χ4v) is 5.10. The van der Waals surface area contributed by atoms with Gasteiger partial charge in [-0.2, -0.15) is 0 Å². The zero-order chi connectivity index (χ0) is 15.1. The van der Waals surface area contributed by atoms with Crippen LogP contribution in [-0.4, -0.2) is 5.91 Å². The Morgan fingerprint density at radius 2 is 1.90 bits per heavy atom. The number of anilines is 1.